The minimum atomic E-state index is -0.499. The van der Waals surface area contributed by atoms with Crippen molar-refractivity contribution in [3.05, 3.63) is 54.0 Å². The van der Waals surface area contributed by atoms with Gasteiger partial charge in [-0.3, -0.25) is 14.8 Å². The summed E-state index contributed by atoms with van der Waals surface area (Å²) in [5.74, 6) is -0.598. The summed E-state index contributed by atoms with van der Waals surface area (Å²) in [6, 6.07) is 6.32. The molecule has 8 heteroatoms. The highest BCUT2D eigenvalue weighted by atomic mass is 16.5. The second-order valence-corrected chi connectivity index (χ2v) is 5.35. The molecule has 0 saturated heterocycles. The van der Waals surface area contributed by atoms with Gasteiger partial charge in [0.05, 0.1) is 29.8 Å². The Morgan fingerprint density at radius 3 is 2.73 bits per heavy atom. The number of hydrogen-bond donors (Lipinski definition) is 1. The Morgan fingerprint density at radius 1 is 1.19 bits per heavy atom. The third kappa shape index (κ3) is 3.92. The topological polar surface area (TPSA) is 103 Å². The monoisotopic (exact) mass is 352 g/mol. The van der Waals surface area contributed by atoms with Crippen molar-refractivity contribution in [1.82, 2.24) is 15.3 Å². The third-order valence-corrected chi connectivity index (χ3v) is 3.47. The third-order valence-electron chi connectivity index (χ3n) is 3.47. The molecule has 1 unspecified atom stereocenters. The number of aliphatic imine (C=N–C) groups is 1. The molecule has 8 nitrogen and oxygen atoms in total. The van der Waals surface area contributed by atoms with Gasteiger partial charge in [0.1, 0.15) is 5.75 Å². The molecule has 0 aliphatic carbocycles. The van der Waals surface area contributed by atoms with E-state index in [0.29, 0.717) is 28.4 Å². The largest absolute Gasteiger partial charge is 0.465 e. The summed E-state index contributed by atoms with van der Waals surface area (Å²) in [4.78, 5) is 36.3. The van der Waals surface area contributed by atoms with E-state index in [9.17, 15) is 9.59 Å². The Morgan fingerprint density at radius 2 is 2.04 bits per heavy atom. The fourth-order valence-electron chi connectivity index (χ4n) is 2.37. The molecule has 0 saturated carbocycles. The summed E-state index contributed by atoms with van der Waals surface area (Å²) in [5, 5.41) is 3.05. The van der Waals surface area contributed by atoms with Crippen molar-refractivity contribution in [2.24, 2.45) is 4.99 Å². The van der Waals surface area contributed by atoms with Gasteiger partial charge in [-0.05, 0) is 30.5 Å². The van der Waals surface area contributed by atoms with Crippen LogP contribution in [0.3, 0.4) is 0 Å². The Hall–Kier alpha value is -3.55. The number of carbonyl (C=O) groups is 2. The van der Waals surface area contributed by atoms with E-state index < -0.39 is 18.1 Å². The van der Waals surface area contributed by atoms with Gasteiger partial charge in [-0.25, -0.2) is 9.78 Å². The molecule has 0 bridgehead atoms. The van der Waals surface area contributed by atoms with Crippen molar-refractivity contribution in [2.75, 3.05) is 7.11 Å². The maximum Gasteiger partial charge on any atom is 0.337 e. The number of nitrogens with one attached hydrogen (secondary N) is 1. The Kier molecular flexibility index (Phi) is 5.02. The van der Waals surface area contributed by atoms with Crippen molar-refractivity contribution in [2.45, 2.75) is 13.1 Å². The van der Waals surface area contributed by atoms with E-state index in [1.807, 2.05) is 0 Å². The molecule has 3 rings (SSSR count). The van der Waals surface area contributed by atoms with Gasteiger partial charge in [-0.2, -0.15) is 0 Å². The second-order valence-electron chi connectivity index (χ2n) is 5.35. The molecular formula is C18H16N4O4. The zero-order chi connectivity index (χ0) is 18.5. The molecule has 0 radical (unpaired) electrons. The first kappa shape index (κ1) is 17.3. The molecule has 0 fully saturated rings. The Labute approximate surface area is 149 Å². The van der Waals surface area contributed by atoms with Crippen LogP contribution in [0.5, 0.6) is 5.75 Å². The number of rotatable bonds is 4. The highest BCUT2D eigenvalue weighted by Gasteiger charge is 2.18. The van der Waals surface area contributed by atoms with Crippen LogP contribution in [0.2, 0.25) is 0 Å². The first-order valence-electron chi connectivity index (χ1n) is 7.76. The predicted molar refractivity (Wildman–Crippen MR) is 93.6 cm³/mol. The van der Waals surface area contributed by atoms with Crippen molar-refractivity contribution in [1.29, 1.82) is 0 Å². The van der Waals surface area contributed by atoms with Gasteiger partial charge in [0.2, 0.25) is 0 Å². The fourth-order valence-corrected chi connectivity index (χ4v) is 2.37. The van der Waals surface area contributed by atoms with Crippen LogP contribution in [0.4, 0.5) is 0 Å². The number of esters is 2. The van der Waals surface area contributed by atoms with Gasteiger partial charge in [0.15, 0.2) is 6.17 Å². The minimum absolute atomic E-state index is 0.318. The van der Waals surface area contributed by atoms with Gasteiger partial charge in [-0.15, -0.1) is 0 Å². The maximum atomic E-state index is 12.0. The van der Waals surface area contributed by atoms with Crippen LogP contribution in [0.1, 0.15) is 29.1 Å². The van der Waals surface area contributed by atoms with Crippen LogP contribution in [0, 0.1) is 0 Å². The molecular weight excluding hydrogens is 336 g/mol. The Balaban J connectivity index is 2.05. The molecule has 2 aromatic rings. The number of pyridine rings is 2. The van der Waals surface area contributed by atoms with Crippen LogP contribution in [-0.4, -0.2) is 35.2 Å². The van der Waals surface area contributed by atoms with E-state index >= 15 is 0 Å². The van der Waals surface area contributed by atoms with E-state index in [2.05, 4.69) is 20.3 Å². The van der Waals surface area contributed by atoms with E-state index in [0.717, 1.165) is 0 Å². The number of nitrogens with zero attached hydrogens (tertiary/aromatic N) is 3. The number of carbonyl (C=O) groups excluding carboxylic acids is 2. The molecule has 0 spiro atoms. The summed E-state index contributed by atoms with van der Waals surface area (Å²) in [6.07, 6.45) is 6.21. The molecule has 0 aromatic carbocycles. The molecule has 1 atom stereocenters. The van der Waals surface area contributed by atoms with Gasteiger partial charge in [-0.1, -0.05) is 0 Å². The van der Waals surface area contributed by atoms with Crippen molar-refractivity contribution >= 4 is 18.2 Å². The van der Waals surface area contributed by atoms with Gasteiger partial charge in [0.25, 0.3) is 0 Å². The number of methoxy groups -OCH3 is 1. The SMILES string of the molecule is COC(=O)c1cc(-c2cc(OC(C)=O)ccn2)nc(C2N=CC=CN2)c1. The van der Waals surface area contributed by atoms with Crippen LogP contribution in [0.25, 0.3) is 11.4 Å². The molecule has 1 aliphatic heterocycles. The molecule has 26 heavy (non-hydrogen) atoms. The maximum absolute atomic E-state index is 12.0. The van der Waals surface area contributed by atoms with Crippen LogP contribution in [0.15, 0.2) is 47.7 Å². The van der Waals surface area contributed by atoms with E-state index in [-0.39, 0.29) is 0 Å². The zero-order valence-corrected chi connectivity index (χ0v) is 14.2. The Bertz CT molecular complexity index is 908. The van der Waals surface area contributed by atoms with Crippen molar-refractivity contribution < 1.29 is 19.1 Å². The average Bonchev–Trinajstić information content (AvgIpc) is 2.67. The summed E-state index contributed by atoms with van der Waals surface area (Å²) in [7, 11) is 1.31. The molecule has 0 amide bonds. The van der Waals surface area contributed by atoms with Gasteiger partial charge in [0, 0.05) is 25.4 Å². The van der Waals surface area contributed by atoms with E-state index in [4.69, 9.17) is 9.47 Å². The standard InChI is InChI=1S/C18H16N4O4/c1-11(23)26-13-4-7-19-14(10-13)15-8-12(18(24)25-2)9-16(22-15)17-20-5-3-6-21-17/h3-10,17,20H,1-2H3. The van der Waals surface area contributed by atoms with E-state index in [1.54, 1.807) is 42.8 Å². The van der Waals surface area contributed by atoms with Gasteiger partial charge < -0.3 is 14.8 Å². The number of hydrogen-bond acceptors (Lipinski definition) is 8. The van der Waals surface area contributed by atoms with Gasteiger partial charge >= 0.3 is 11.9 Å². The lowest BCUT2D eigenvalue weighted by Gasteiger charge is -2.16. The lowest BCUT2D eigenvalue weighted by atomic mass is 10.1. The number of ether oxygens (including phenoxy) is 2. The fraction of sp³-hybridized carbons (Fsp3) is 0.167. The van der Waals surface area contributed by atoms with E-state index in [1.165, 1.54) is 20.2 Å². The predicted octanol–water partition coefficient (Wildman–Crippen LogP) is 2.04. The lowest BCUT2D eigenvalue weighted by Crippen LogP contribution is -2.18. The molecule has 1 N–H and O–H groups in total. The van der Waals surface area contributed by atoms with Crippen LogP contribution in [-0.2, 0) is 9.53 Å². The average molecular weight is 352 g/mol. The highest BCUT2D eigenvalue weighted by Crippen LogP contribution is 2.25. The molecule has 132 valence electrons. The van der Waals surface area contributed by atoms with Crippen LogP contribution < -0.4 is 10.1 Å². The molecule has 3 heterocycles. The highest BCUT2D eigenvalue weighted by molar-refractivity contribution is 5.90. The lowest BCUT2D eigenvalue weighted by molar-refractivity contribution is -0.131. The normalized spacial score (nSPS) is 15.2. The summed E-state index contributed by atoms with van der Waals surface area (Å²) >= 11 is 0. The van der Waals surface area contributed by atoms with Crippen LogP contribution >= 0.6 is 0 Å². The summed E-state index contributed by atoms with van der Waals surface area (Å²) in [5.41, 5.74) is 1.73. The summed E-state index contributed by atoms with van der Waals surface area (Å²) in [6.45, 7) is 1.31. The summed E-state index contributed by atoms with van der Waals surface area (Å²) < 4.78 is 9.90. The second kappa shape index (κ2) is 7.56. The zero-order valence-electron chi connectivity index (χ0n) is 14.2. The molecule has 1 aliphatic rings. The first-order valence-corrected chi connectivity index (χ1v) is 7.76. The quantitative estimate of drug-likeness (QED) is 0.840. The number of aromatic nitrogens is 2. The smallest absolute Gasteiger partial charge is 0.337 e. The number of allylic oxidation sites excluding steroid dienone is 1. The van der Waals surface area contributed by atoms with Crippen molar-refractivity contribution in [3.63, 3.8) is 0 Å². The molecule has 2 aromatic heterocycles. The van der Waals surface area contributed by atoms with Crippen molar-refractivity contribution in [3.8, 4) is 17.1 Å². The first-order chi connectivity index (χ1) is 12.6. The minimum Gasteiger partial charge on any atom is -0.465 e.